The van der Waals surface area contributed by atoms with Gasteiger partial charge in [-0.1, -0.05) is 18.2 Å². The van der Waals surface area contributed by atoms with E-state index >= 15 is 0 Å². The summed E-state index contributed by atoms with van der Waals surface area (Å²) in [5, 5.41) is 0. The number of pyridine rings is 1. The Kier molecular flexibility index (Phi) is 8.52. The Morgan fingerprint density at radius 2 is 1.89 bits per heavy atom. The summed E-state index contributed by atoms with van der Waals surface area (Å²) < 4.78 is 16.3. The molecule has 0 aliphatic carbocycles. The fraction of sp³-hybridized carbons (Fsp3) is 0.364. The smallest absolute Gasteiger partial charge is 0.335 e. The van der Waals surface area contributed by atoms with E-state index in [1.54, 1.807) is 13.1 Å². The zero-order chi connectivity index (χ0) is 19.5. The lowest BCUT2D eigenvalue weighted by Gasteiger charge is -2.15. The van der Waals surface area contributed by atoms with E-state index in [4.69, 9.17) is 14.2 Å². The number of hydrogen-bond donors (Lipinski definition) is 0. The molecule has 0 N–H and O–H groups in total. The Morgan fingerprint density at radius 1 is 1.11 bits per heavy atom. The van der Waals surface area contributed by atoms with Crippen LogP contribution in [-0.4, -0.2) is 36.9 Å². The van der Waals surface area contributed by atoms with Gasteiger partial charge in [-0.2, -0.15) is 0 Å². The molecule has 1 atom stereocenters. The lowest BCUT2D eigenvalue weighted by Crippen LogP contribution is -2.28. The maximum atomic E-state index is 11.9. The van der Waals surface area contributed by atoms with Crippen LogP contribution in [0.4, 0.5) is 0 Å². The number of esters is 1. The molecule has 0 spiro atoms. The largest absolute Gasteiger partial charge is 0.490 e. The Morgan fingerprint density at radius 3 is 2.52 bits per heavy atom. The summed E-state index contributed by atoms with van der Waals surface area (Å²) in [6.45, 7) is 6.94. The number of hydrogen-bond acceptors (Lipinski definition) is 5. The van der Waals surface area contributed by atoms with Crippen molar-refractivity contribution in [3.8, 4) is 5.75 Å². The number of benzene rings is 1. The van der Waals surface area contributed by atoms with Crippen LogP contribution in [0.3, 0.4) is 0 Å². The number of ether oxygens (including phenoxy) is 3. The van der Waals surface area contributed by atoms with E-state index in [0.717, 1.165) is 22.6 Å². The molecular formula is C22H27NO4. The van der Waals surface area contributed by atoms with Crippen molar-refractivity contribution < 1.29 is 19.0 Å². The fourth-order valence-electron chi connectivity index (χ4n) is 2.55. The molecule has 1 aromatic heterocycles. The van der Waals surface area contributed by atoms with Gasteiger partial charge < -0.3 is 14.2 Å². The van der Waals surface area contributed by atoms with Gasteiger partial charge in [-0.3, -0.25) is 4.98 Å². The van der Waals surface area contributed by atoms with Gasteiger partial charge in [0.25, 0.3) is 0 Å². The van der Waals surface area contributed by atoms with Crippen molar-refractivity contribution in [2.75, 3.05) is 19.8 Å². The summed E-state index contributed by atoms with van der Waals surface area (Å²) in [5.41, 5.74) is 3.01. The van der Waals surface area contributed by atoms with Crippen LogP contribution >= 0.6 is 0 Å². The first-order chi connectivity index (χ1) is 13.1. The van der Waals surface area contributed by atoms with Gasteiger partial charge in [-0.05, 0) is 62.2 Å². The highest BCUT2D eigenvalue weighted by atomic mass is 16.6. The maximum Gasteiger partial charge on any atom is 0.335 e. The maximum absolute atomic E-state index is 11.9. The van der Waals surface area contributed by atoms with E-state index in [1.165, 1.54) is 0 Å². The van der Waals surface area contributed by atoms with Gasteiger partial charge in [-0.25, -0.2) is 4.79 Å². The van der Waals surface area contributed by atoms with E-state index < -0.39 is 6.10 Å². The van der Waals surface area contributed by atoms with Gasteiger partial charge in [0, 0.05) is 19.2 Å². The second-order valence-corrected chi connectivity index (χ2v) is 5.96. The number of carbonyl (C=O) groups is 1. The number of rotatable bonds is 10. The minimum atomic E-state index is -0.578. The highest BCUT2D eigenvalue weighted by Crippen LogP contribution is 2.16. The second kappa shape index (κ2) is 11.1. The van der Waals surface area contributed by atoms with Gasteiger partial charge in [0.1, 0.15) is 12.4 Å². The normalized spacial score (nSPS) is 12.5. The van der Waals surface area contributed by atoms with Crippen LogP contribution in [0.2, 0.25) is 0 Å². The molecule has 0 aliphatic heterocycles. The number of allylic oxidation sites excluding steroid dienone is 1. The zero-order valence-corrected chi connectivity index (χ0v) is 16.2. The van der Waals surface area contributed by atoms with Gasteiger partial charge in [-0.15, -0.1) is 0 Å². The van der Waals surface area contributed by atoms with Crippen molar-refractivity contribution in [3.63, 3.8) is 0 Å². The Labute approximate surface area is 161 Å². The van der Waals surface area contributed by atoms with Crippen molar-refractivity contribution >= 4 is 11.5 Å². The molecule has 5 nitrogen and oxygen atoms in total. The fourth-order valence-corrected chi connectivity index (χ4v) is 2.55. The van der Waals surface area contributed by atoms with Crippen LogP contribution in [0.1, 0.15) is 32.0 Å². The third-order valence-corrected chi connectivity index (χ3v) is 3.97. The second-order valence-electron chi connectivity index (χ2n) is 5.96. The van der Waals surface area contributed by atoms with Crippen molar-refractivity contribution in [3.05, 3.63) is 66.0 Å². The quantitative estimate of drug-likeness (QED) is 0.591. The molecule has 5 heteroatoms. The summed E-state index contributed by atoms with van der Waals surface area (Å²) in [6.07, 6.45) is 3.68. The third kappa shape index (κ3) is 6.87. The topological polar surface area (TPSA) is 57.7 Å². The van der Waals surface area contributed by atoms with Crippen molar-refractivity contribution in [1.29, 1.82) is 0 Å². The average Bonchev–Trinajstić information content (AvgIpc) is 2.69. The van der Waals surface area contributed by atoms with E-state index in [1.807, 2.05) is 62.4 Å². The first-order valence-electron chi connectivity index (χ1n) is 9.22. The molecule has 0 radical (unpaired) electrons. The summed E-state index contributed by atoms with van der Waals surface area (Å²) in [7, 11) is 0. The molecule has 0 bridgehead atoms. The molecule has 2 rings (SSSR count). The van der Waals surface area contributed by atoms with Crippen molar-refractivity contribution in [1.82, 2.24) is 4.98 Å². The lowest BCUT2D eigenvalue weighted by molar-refractivity contribution is -0.156. The molecule has 27 heavy (non-hydrogen) atoms. The molecule has 0 unspecified atom stereocenters. The minimum absolute atomic E-state index is 0.324. The molecule has 1 heterocycles. The molecule has 144 valence electrons. The lowest BCUT2D eigenvalue weighted by atomic mass is 10.1. The van der Waals surface area contributed by atoms with Crippen LogP contribution in [0, 0.1) is 0 Å². The minimum Gasteiger partial charge on any atom is -0.490 e. The standard InChI is InChI=1S/C22H27NO4/c1-4-25-21(22(24)26-5-2)16-18-9-11-19(12-10-18)27-15-13-17(3)20-8-6-7-14-23-20/h6-14,21H,4-5,15-16H2,1-3H3/b17-13-/t21-/m0/s1. The molecule has 1 aromatic carbocycles. The predicted molar refractivity (Wildman–Crippen MR) is 106 cm³/mol. The van der Waals surface area contributed by atoms with Gasteiger partial charge in [0.05, 0.1) is 12.3 Å². The van der Waals surface area contributed by atoms with Crippen LogP contribution in [0.25, 0.3) is 5.57 Å². The molecule has 0 aliphatic rings. The SMILES string of the molecule is CCOC(=O)[C@H](Cc1ccc(OC/C=C(/C)c2ccccn2)cc1)OCC. The number of nitrogens with zero attached hydrogens (tertiary/aromatic N) is 1. The number of aromatic nitrogens is 1. The van der Waals surface area contributed by atoms with Crippen molar-refractivity contribution in [2.45, 2.75) is 33.3 Å². The first-order valence-corrected chi connectivity index (χ1v) is 9.22. The van der Waals surface area contributed by atoms with Gasteiger partial charge >= 0.3 is 5.97 Å². The van der Waals surface area contributed by atoms with Crippen LogP contribution < -0.4 is 4.74 Å². The summed E-state index contributed by atoms with van der Waals surface area (Å²) in [6, 6.07) is 13.5. The zero-order valence-electron chi connectivity index (χ0n) is 16.2. The Bertz CT molecular complexity index is 726. The average molecular weight is 369 g/mol. The van der Waals surface area contributed by atoms with Gasteiger partial charge in [0.2, 0.25) is 0 Å². The Hall–Kier alpha value is -2.66. The number of carbonyl (C=O) groups excluding carboxylic acids is 1. The van der Waals surface area contributed by atoms with Crippen LogP contribution in [0.5, 0.6) is 5.75 Å². The van der Waals surface area contributed by atoms with Crippen LogP contribution in [0.15, 0.2) is 54.7 Å². The summed E-state index contributed by atoms with van der Waals surface area (Å²) >= 11 is 0. The molecule has 0 fully saturated rings. The van der Waals surface area contributed by atoms with E-state index in [-0.39, 0.29) is 5.97 Å². The first kappa shape index (κ1) is 20.6. The van der Waals surface area contributed by atoms with Crippen LogP contribution in [-0.2, 0) is 20.7 Å². The monoisotopic (exact) mass is 369 g/mol. The third-order valence-electron chi connectivity index (χ3n) is 3.97. The summed E-state index contributed by atoms with van der Waals surface area (Å²) in [5.74, 6) is 0.447. The molecule has 0 saturated carbocycles. The molecular weight excluding hydrogens is 342 g/mol. The predicted octanol–water partition coefficient (Wildman–Crippen LogP) is 4.07. The Balaban J connectivity index is 1.89. The van der Waals surface area contributed by atoms with Gasteiger partial charge in [0.15, 0.2) is 6.10 Å². The van der Waals surface area contributed by atoms with E-state index in [0.29, 0.717) is 26.2 Å². The molecule has 0 amide bonds. The van der Waals surface area contributed by atoms with Crippen molar-refractivity contribution in [2.24, 2.45) is 0 Å². The highest BCUT2D eigenvalue weighted by Gasteiger charge is 2.20. The summed E-state index contributed by atoms with van der Waals surface area (Å²) in [4.78, 5) is 16.3. The van der Waals surface area contributed by atoms with E-state index in [2.05, 4.69) is 4.98 Å². The highest BCUT2D eigenvalue weighted by molar-refractivity contribution is 5.75. The molecule has 0 saturated heterocycles. The van der Waals surface area contributed by atoms with E-state index in [9.17, 15) is 4.79 Å². The molecule has 2 aromatic rings.